The van der Waals surface area contributed by atoms with Gasteiger partial charge in [-0.2, -0.15) is 5.26 Å². The van der Waals surface area contributed by atoms with Crippen molar-refractivity contribution in [2.45, 2.75) is 89.5 Å². The SMILES string of the molecule is N#Cc1ccc2nccc(NCCc3ccc4cc(C(=O)N5CCN(C(=O)CCCCCCCCNC(=O)CCCCNc6cccc7c6C(=O)N(C6CCC(=O)NC6=O)C7=O)CC5)ccc4c3)c2c1. The number of rotatable bonds is 21. The number of carbonyl (C=O) groups is 7. The maximum absolute atomic E-state index is 13.5. The van der Waals surface area contributed by atoms with Gasteiger partial charge < -0.3 is 25.8 Å². The molecule has 1 aromatic heterocycles. The van der Waals surface area contributed by atoms with Crippen LogP contribution in [0.5, 0.6) is 0 Å². The standard InChI is InChI=1S/C54H59N9O7/c55-35-37-15-19-43-42(33-37)44(23-27-58-43)57-26-22-36-14-16-39-34-40(18-17-38(39)32-36)52(68)62-30-28-61(29-31-62)49(66)13-5-3-1-2-4-7-25-59-47(64)12-6-8-24-56-45-11-9-10-41-50(45)54(70)63(53(41)69)46-20-21-48(65)60-51(46)67/h9-11,14-19,23,27,32-34,46,56H,1-8,12-13,20-22,24-26,28-31H2,(H,57,58)(H,59,64)(H,60,65,67). The summed E-state index contributed by atoms with van der Waals surface area (Å²) < 4.78 is 0. The van der Waals surface area contributed by atoms with Gasteiger partial charge >= 0.3 is 0 Å². The lowest BCUT2D eigenvalue weighted by Gasteiger charge is -2.35. The van der Waals surface area contributed by atoms with Crippen LogP contribution >= 0.6 is 0 Å². The van der Waals surface area contributed by atoms with Crippen LogP contribution in [0, 0.1) is 11.3 Å². The van der Waals surface area contributed by atoms with Crippen LogP contribution < -0.4 is 21.3 Å². The molecular formula is C54H59N9O7. The Bertz CT molecular complexity index is 2850. The van der Waals surface area contributed by atoms with Crippen molar-refractivity contribution in [2.24, 2.45) is 0 Å². The molecule has 3 aliphatic heterocycles. The molecule has 7 amide bonds. The van der Waals surface area contributed by atoms with Gasteiger partial charge in [0.2, 0.25) is 23.6 Å². The monoisotopic (exact) mass is 945 g/mol. The van der Waals surface area contributed by atoms with Gasteiger partial charge in [0.25, 0.3) is 17.7 Å². The maximum atomic E-state index is 13.5. The molecule has 0 spiro atoms. The van der Waals surface area contributed by atoms with E-state index in [-0.39, 0.29) is 41.7 Å². The summed E-state index contributed by atoms with van der Waals surface area (Å²) in [5.41, 5.74) is 5.13. The number of carbonyl (C=O) groups excluding carboxylic acids is 7. The molecule has 3 aliphatic rings. The summed E-state index contributed by atoms with van der Waals surface area (Å²) in [4.78, 5) is 98.4. The zero-order valence-corrected chi connectivity index (χ0v) is 39.4. The fraction of sp³-hybridized carbons (Fsp3) is 0.389. The van der Waals surface area contributed by atoms with E-state index >= 15 is 0 Å². The van der Waals surface area contributed by atoms with Crippen molar-refractivity contribution in [1.29, 1.82) is 5.26 Å². The molecule has 70 heavy (non-hydrogen) atoms. The second-order valence-corrected chi connectivity index (χ2v) is 18.2. The van der Waals surface area contributed by atoms with Crippen LogP contribution in [0.15, 0.2) is 85.1 Å². The van der Waals surface area contributed by atoms with Gasteiger partial charge in [-0.25, -0.2) is 0 Å². The molecular weight excluding hydrogens is 887 g/mol. The third-order valence-electron chi connectivity index (χ3n) is 13.4. The Morgan fingerprint density at radius 1 is 0.714 bits per heavy atom. The number of pyridine rings is 1. The minimum Gasteiger partial charge on any atom is -0.384 e. The summed E-state index contributed by atoms with van der Waals surface area (Å²) in [6, 6.07) is 25.7. The molecule has 16 nitrogen and oxygen atoms in total. The van der Waals surface area contributed by atoms with E-state index < -0.39 is 29.7 Å². The van der Waals surface area contributed by atoms with Gasteiger partial charge in [-0.1, -0.05) is 56.0 Å². The van der Waals surface area contributed by atoms with Crippen LogP contribution in [0.25, 0.3) is 21.7 Å². The van der Waals surface area contributed by atoms with Crippen LogP contribution in [0.1, 0.15) is 119 Å². The van der Waals surface area contributed by atoms with E-state index in [1.807, 2.05) is 46.2 Å². The van der Waals surface area contributed by atoms with E-state index in [1.165, 1.54) is 5.56 Å². The Hall–Kier alpha value is -7.67. The highest BCUT2D eigenvalue weighted by atomic mass is 16.2. The lowest BCUT2D eigenvalue weighted by atomic mass is 10.0. The third kappa shape index (κ3) is 11.8. The average Bonchev–Trinajstić information content (AvgIpc) is 3.63. The van der Waals surface area contributed by atoms with Crippen molar-refractivity contribution in [3.05, 3.63) is 113 Å². The summed E-state index contributed by atoms with van der Waals surface area (Å²) in [5.74, 6) is -2.07. The number of unbranched alkanes of at least 4 members (excludes halogenated alkanes) is 6. The maximum Gasteiger partial charge on any atom is 0.264 e. The average molecular weight is 946 g/mol. The van der Waals surface area contributed by atoms with Crippen molar-refractivity contribution in [2.75, 3.05) is 56.4 Å². The third-order valence-corrected chi connectivity index (χ3v) is 13.4. The summed E-state index contributed by atoms with van der Waals surface area (Å²) in [5, 5.41) is 24.2. The summed E-state index contributed by atoms with van der Waals surface area (Å²) in [7, 11) is 0. The van der Waals surface area contributed by atoms with Gasteiger partial charge in [0.15, 0.2) is 0 Å². The first-order valence-corrected chi connectivity index (χ1v) is 24.6. The number of imide groups is 2. The van der Waals surface area contributed by atoms with Crippen LogP contribution in [-0.4, -0.2) is 113 Å². The first-order chi connectivity index (χ1) is 34.1. The van der Waals surface area contributed by atoms with Crippen molar-refractivity contribution < 1.29 is 33.6 Å². The van der Waals surface area contributed by atoms with Gasteiger partial charge in [-0.15, -0.1) is 0 Å². The zero-order chi connectivity index (χ0) is 49.0. The highest BCUT2D eigenvalue weighted by Crippen LogP contribution is 2.33. The zero-order valence-electron chi connectivity index (χ0n) is 39.4. The van der Waals surface area contributed by atoms with Crippen molar-refractivity contribution in [3.63, 3.8) is 0 Å². The normalized spacial score (nSPS) is 15.8. The van der Waals surface area contributed by atoms with E-state index in [1.54, 1.807) is 30.5 Å². The molecule has 8 rings (SSSR count). The Labute approximate surface area is 407 Å². The molecule has 4 N–H and O–H groups in total. The van der Waals surface area contributed by atoms with Crippen LogP contribution in [-0.2, 0) is 25.6 Å². The highest BCUT2D eigenvalue weighted by Gasteiger charge is 2.45. The first-order valence-electron chi connectivity index (χ1n) is 24.6. The molecule has 4 aromatic carbocycles. The molecule has 1 unspecified atom stereocenters. The number of fused-ring (bicyclic) bond motifs is 3. The van der Waals surface area contributed by atoms with Gasteiger partial charge in [0.05, 0.1) is 28.3 Å². The Balaban J connectivity index is 0.647. The number of piperidine rings is 1. The van der Waals surface area contributed by atoms with E-state index in [0.717, 1.165) is 77.2 Å². The Morgan fingerprint density at radius 2 is 1.44 bits per heavy atom. The molecule has 0 aliphatic carbocycles. The van der Waals surface area contributed by atoms with Crippen molar-refractivity contribution >= 4 is 74.4 Å². The van der Waals surface area contributed by atoms with Crippen LogP contribution in [0.3, 0.4) is 0 Å². The smallest absolute Gasteiger partial charge is 0.264 e. The lowest BCUT2D eigenvalue weighted by Crippen LogP contribution is -2.54. The van der Waals surface area contributed by atoms with Crippen molar-refractivity contribution in [3.8, 4) is 6.07 Å². The summed E-state index contributed by atoms with van der Waals surface area (Å²) in [6.45, 7) is 3.88. The number of hydrogen-bond acceptors (Lipinski definition) is 11. The number of anilines is 2. The second-order valence-electron chi connectivity index (χ2n) is 18.2. The van der Waals surface area contributed by atoms with Gasteiger partial charge in [-0.3, -0.25) is 48.8 Å². The number of amides is 7. The molecule has 0 saturated carbocycles. The Kier molecular flexibility index (Phi) is 16.1. The summed E-state index contributed by atoms with van der Waals surface area (Å²) in [6.07, 6.45) is 10.6. The number of hydrogen-bond donors (Lipinski definition) is 4. The van der Waals surface area contributed by atoms with E-state index in [9.17, 15) is 38.8 Å². The minimum absolute atomic E-state index is 0.0104. The largest absolute Gasteiger partial charge is 0.384 e. The van der Waals surface area contributed by atoms with Gasteiger partial charge in [-0.05, 0) is 103 Å². The van der Waals surface area contributed by atoms with Crippen LogP contribution in [0.2, 0.25) is 0 Å². The minimum atomic E-state index is -1.02. The molecule has 2 saturated heterocycles. The lowest BCUT2D eigenvalue weighted by molar-refractivity contribution is -0.136. The van der Waals surface area contributed by atoms with E-state index in [0.29, 0.717) is 88.3 Å². The number of aromatic nitrogens is 1. The molecule has 2 fully saturated rings. The van der Waals surface area contributed by atoms with Gasteiger partial charge in [0, 0.05) is 93.6 Å². The predicted molar refractivity (Wildman–Crippen MR) is 266 cm³/mol. The molecule has 5 aromatic rings. The molecule has 4 heterocycles. The molecule has 0 bridgehead atoms. The molecule has 362 valence electrons. The predicted octanol–water partition coefficient (Wildman–Crippen LogP) is 6.73. The van der Waals surface area contributed by atoms with E-state index in [4.69, 9.17) is 0 Å². The number of nitrogens with zero attached hydrogens (tertiary/aromatic N) is 5. The number of piperazine rings is 1. The second kappa shape index (κ2) is 23.1. The highest BCUT2D eigenvalue weighted by molar-refractivity contribution is 6.25. The Morgan fingerprint density at radius 3 is 2.26 bits per heavy atom. The fourth-order valence-corrected chi connectivity index (χ4v) is 9.52. The molecule has 1 atom stereocenters. The topological polar surface area (TPSA) is 214 Å². The molecule has 16 heteroatoms. The molecule has 0 radical (unpaired) electrons. The quantitative estimate of drug-likeness (QED) is 0.0447. The van der Waals surface area contributed by atoms with E-state index in [2.05, 4.69) is 50.5 Å². The fourth-order valence-electron chi connectivity index (χ4n) is 9.52. The number of nitriles is 1. The number of benzene rings is 4. The van der Waals surface area contributed by atoms with Crippen LogP contribution in [0.4, 0.5) is 11.4 Å². The van der Waals surface area contributed by atoms with Gasteiger partial charge in [0.1, 0.15) is 6.04 Å². The van der Waals surface area contributed by atoms with Crippen molar-refractivity contribution in [1.82, 2.24) is 30.3 Å². The first kappa shape index (κ1) is 48.8. The number of nitrogens with one attached hydrogen (secondary N) is 4. The summed E-state index contributed by atoms with van der Waals surface area (Å²) >= 11 is 0.